The lowest BCUT2D eigenvalue weighted by Gasteiger charge is -2.26. The molecule has 10 nitrogen and oxygen atoms in total. The van der Waals surface area contributed by atoms with Crippen molar-refractivity contribution in [2.45, 2.75) is 110 Å². The van der Waals surface area contributed by atoms with Crippen LogP contribution in [0.1, 0.15) is 73.6 Å². The minimum Gasteiger partial charge on any atom is -0.461 e. The summed E-state index contributed by atoms with van der Waals surface area (Å²) in [6.07, 6.45) is -3.40. The predicted molar refractivity (Wildman–Crippen MR) is 120 cm³/mol. The molecule has 0 aliphatic carbocycles. The summed E-state index contributed by atoms with van der Waals surface area (Å²) < 4.78 is 20.9. The summed E-state index contributed by atoms with van der Waals surface area (Å²) in [5.74, 6) is -2.05. The van der Waals surface area contributed by atoms with Gasteiger partial charge in [0.05, 0.1) is 19.3 Å². The molecular formula is C23H44O10. The minimum absolute atomic E-state index is 0.106. The van der Waals surface area contributed by atoms with Crippen LogP contribution in [0.2, 0.25) is 0 Å². The third-order valence-corrected chi connectivity index (χ3v) is 5.27. The summed E-state index contributed by atoms with van der Waals surface area (Å²) >= 11 is 0. The Morgan fingerprint density at radius 3 is 1.91 bits per heavy atom. The lowest BCUT2D eigenvalue weighted by Crippen LogP contribution is -2.45. The van der Waals surface area contributed by atoms with Gasteiger partial charge in [0.25, 0.3) is 0 Å². The third kappa shape index (κ3) is 13.9. The van der Waals surface area contributed by atoms with Crippen molar-refractivity contribution in [1.82, 2.24) is 0 Å². The van der Waals surface area contributed by atoms with E-state index in [1.807, 2.05) is 20.8 Å². The van der Waals surface area contributed by atoms with Crippen LogP contribution < -0.4 is 0 Å². The van der Waals surface area contributed by atoms with Crippen LogP contribution in [-0.2, 0) is 28.5 Å². The molecule has 0 aromatic rings. The van der Waals surface area contributed by atoms with Crippen LogP contribution in [0.3, 0.4) is 0 Å². The van der Waals surface area contributed by atoms with Crippen molar-refractivity contribution in [2.24, 2.45) is 5.92 Å². The van der Waals surface area contributed by atoms with Crippen molar-refractivity contribution in [2.75, 3.05) is 19.8 Å². The Morgan fingerprint density at radius 1 is 0.848 bits per heavy atom. The number of hydrogen-bond donors (Lipinski definition) is 4. The number of rotatable bonds is 18. The molecule has 0 saturated carbocycles. The van der Waals surface area contributed by atoms with Gasteiger partial charge in [-0.2, -0.15) is 0 Å². The highest BCUT2D eigenvalue weighted by Crippen LogP contribution is 2.16. The van der Waals surface area contributed by atoms with E-state index in [4.69, 9.17) is 18.9 Å². The number of ether oxygens (including phenoxy) is 4. The summed E-state index contributed by atoms with van der Waals surface area (Å²) in [6, 6.07) is 0. The molecule has 0 amide bonds. The molecule has 33 heavy (non-hydrogen) atoms. The standard InChI is InChI=1S/C23H44O10/c1-7-10-18(30-12-16(24)11-15(4)8-2)31-13-17(25)14-32-21(28)19(26)20(27)22(29)33-23(5,6)9-3/h15-20,24-27H,7-14H2,1-6H3. The van der Waals surface area contributed by atoms with E-state index in [0.717, 1.165) is 12.8 Å². The first-order valence-electron chi connectivity index (χ1n) is 11.7. The summed E-state index contributed by atoms with van der Waals surface area (Å²) in [7, 11) is 0. The van der Waals surface area contributed by atoms with Gasteiger partial charge >= 0.3 is 11.9 Å². The molecule has 0 bridgehead atoms. The lowest BCUT2D eigenvalue weighted by molar-refractivity contribution is -0.187. The molecular weight excluding hydrogens is 436 g/mol. The van der Waals surface area contributed by atoms with E-state index >= 15 is 0 Å². The Labute approximate surface area is 197 Å². The zero-order valence-corrected chi connectivity index (χ0v) is 20.9. The van der Waals surface area contributed by atoms with E-state index in [0.29, 0.717) is 25.2 Å². The molecule has 196 valence electrons. The number of aliphatic hydroxyl groups is 4. The summed E-state index contributed by atoms with van der Waals surface area (Å²) in [5.41, 5.74) is -0.864. The highest BCUT2D eigenvalue weighted by Gasteiger charge is 2.35. The highest BCUT2D eigenvalue weighted by molar-refractivity contribution is 5.85. The number of carbonyl (C=O) groups is 2. The molecule has 0 aliphatic rings. The fraction of sp³-hybridized carbons (Fsp3) is 0.913. The first-order valence-corrected chi connectivity index (χ1v) is 11.7. The maximum Gasteiger partial charge on any atom is 0.338 e. The quantitative estimate of drug-likeness (QED) is 0.167. The highest BCUT2D eigenvalue weighted by atomic mass is 16.7. The van der Waals surface area contributed by atoms with E-state index in [1.54, 1.807) is 20.8 Å². The molecule has 0 aromatic heterocycles. The summed E-state index contributed by atoms with van der Waals surface area (Å²) in [6.45, 7) is 10.4. The van der Waals surface area contributed by atoms with Gasteiger partial charge < -0.3 is 39.4 Å². The van der Waals surface area contributed by atoms with Crippen LogP contribution in [0, 0.1) is 5.92 Å². The van der Waals surface area contributed by atoms with Crippen LogP contribution in [-0.4, -0.2) is 88.5 Å². The van der Waals surface area contributed by atoms with Gasteiger partial charge in [0.15, 0.2) is 18.5 Å². The zero-order chi connectivity index (χ0) is 25.6. The van der Waals surface area contributed by atoms with Gasteiger partial charge in [-0.1, -0.05) is 40.5 Å². The molecule has 10 heteroatoms. The second kappa shape index (κ2) is 16.3. The topological polar surface area (TPSA) is 152 Å². The van der Waals surface area contributed by atoms with E-state index in [1.165, 1.54) is 0 Å². The molecule has 0 heterocycles. The average Bonchev–Trinajstić information content (AvgIpc) is 2.77. The molecule has 0 saturated heterocycles. The van der Waals surface area contributed by atoms with Gasteiger partial charge in [-0.15, -0.1) is 0 Å². The van der Waals surface area contributed by atoms with E-state index in [-0.39, 0.29) is 13.2 Å². The number of aliphatic hydroxyl groups excluding tert-OH is 4. The van der Waals surface area contributed by atoms with Crippen LogP contribution in [0.5, 0.6) is 0 Å². The van der Waals surface area contributed by atoms with Crippen molar-refractivity contribution in [3.05, 3.63) is 0 Å². The molecule has 6 unspecified atom stereocenters. The van der Waals surface area contributed by atoms with Crippen molar-refractivity contribution >= 4 is 11.9 Å². The van der Waals surface area contributed by atoms with Crippen LogP contribution >= 0.6 is 0 Å². The first kappa shape index (κ1) is 31.7. The summed E-state index contributed by atoms with van der Waals surface area (Å²) in [5, 5.41) is 39.7. The SMILES string of the molecule is CCCC(OCC(O)COC(=O)C(O)C(O)C(=O)OC(C)(C)CC)OCC(O)CC(C)CC. The van der Waals surface area contributed by atoms with Crippen LogP contribution in [0.25, 0.3) is 0 Å². The molecule has 0 spiro atoms. The minimum atomic E-state index is -2.15. The molecule has 4 N–H and O–H groups in total. The first-order chi connectivity index (χ1) is 15.4. The Morgan fingerprint density at radius 2 is 1.39 bits per heavy atom. The maximum atomic E-state index is 11.9. The van der Waals surface area contributed by atoms with Gasteiger partial charge in [-0.25, -0.2) is 9.59 Å². The van der Waals surface area contributed by atoms with Gasteiger partial charge in [0.1, 0.15) is 18.3 Å². The average molecular weight is 481 g/mol. The van der Waals surface area contributed by atoms with Crippen molar-refractivity contribution in [3.63, 3.8) is 0 Å². The lowest BCUT2D eigenvalue weighted by atomic mass is 10.0. The number of carbonyl (C=O) groups excluding carboxylic acids is 2. The van der Waals surface area contributed by atoms with E-state index < -0.39 is 54.9 Å². The van der Waals surface area contributed by atoms with Gasteiger partial charge in [0, 0.05) is 0 Å². The predicted octanol–water partition coefficient (Wildman–Crippen LogP) is 1.30. The van der Waals surface area contributed by atoms with Crippen molar-refractivity contribution in [1.29, 1.82) is 0 Å². The zero-order valence-electron chi connectivity index (χ0n) is 20.9. The van der Waals surface area contributed by atoms with Gasteiger partial charge in [-0.3, -0.25) is 0 Å². The molecule has 0 radical (unpaired) electrons. The molecule has 0 fully saturated rings. The fourth-order valence-electron chi connectivity index (χ4n) is 2.56. The van der Waals surface area contributed by atoms with Crippen molar-refractivity contribution in [3.8, 4) is 0 Å². The fourth-order valence-corrected chi connectivity index (χ4v) is 2.56. The molecule has 6 atom stereocenters. The summed E-state index contributed by atoms with van der Waals surface area (Å²) in [4.78, 5) is 23.8. The van der Waals surface area contributed by atoms with Crippen LogP contribution in [0.15, 0.2) is 0 Å². The smallest absolute Gasteiger partial charge is 0.338 e. The normalized spacial score (nSPS) is 17.5. The van der Waals surface area contributed by atoms with Crippen LogP contribution in [0.4, 0.5) is 0 Å². The molecule has 0 aliphatic heterocycles. The van der Waals surface area contributed by atoms with Gasteiger partial charge in [-0.05, 0) is 39.0 Å². The maximum absolute atomic E-state index is 11.9. The Hall–Kier alpha value is -1.30. The third-order valence-electron chi connectivity index (χ3n) is 5.27. The second-order valence-electron chi connectivity index (χ2n) is 9.00. The molecule has 0 rings (SSSR count). The second-order valence-corrected chi connectivity index (χ2v) is 9.00. The van der Waals surface area contributed by atoms with E-state index in [2.05, 4.69) is 0 Å². The van der Waals surface area contributed by atoms with E-state index in [9.17, 15) is 30.0 Å². The largest absolute Gasteiger partial charge is 0.461 e. The Bertz CT molecular complexity index is 553. The number of hydrogen-bond acceptors (Lipinski definition) is 10. The Balaban J connectivity index is 4.45. The molecule has 0 aromatic carbocycles. The van der Waals surface area contributed by atoms with Gasteiger partial charge in [0.2, 0.25) is 0 Å². The Kier molecular flexibility index (Phi) is 15.7. The monoisotopic (exact) mass is 480 g/mol. The van der Waals surface area contributed by atoms with Crippen molar-refractivity contribution < 1.29 is 49.0 Å². The number of esters is 2.